The number of hydrogen-bond donors (Lipinski definition) is 1. The number of benzene rings is 1. The topological polar surface area (TPSA) is 79.4 Å². The molecule has 1 saturated heterocycles. The Kier molecular flexibility index (Phi) is 4.60. The van der Waals surface area contributed by atoms with Crippen molar-refractivity contribution in [3.8, 4) is 0 Å². The largest absolute Gasteiger partial charge is 0.298 e. The fourth-order valence-corrected chi connectivity index (χ4v) is 4.92. The van der Waals surface area contributed by atoms with Crippen LogP contribution in [0.25, 0.3) is 0 Å². The number of rotatable bonds is 4. The third-order valence-corrected chi connectivity index (χ3v) is 6.50. The van der Waals surface area contributed by atoms with Gasteiger partial charge in [-0.25, -0.2) is 13.4 Å². The number of sulfonamides is 1. The number of anilines is 2. The zero-order valence-electron chi connectivity index (χ0n) is 13.5. The van der Waals surface area contributed by atoms with Crippen LogP contribution < -0.4 is 9.62 Å². The van der Waals surface area contributed by atoms with Gasteiger partial charge in [0.15, 0.2) is 5.13 Å². The third kappa shape index (κ3) is 3.44. The highest BCUT2D eigenvalue weighted by Crippen LogP contribution is 2.25. The van der Waals surface area contributed by atoms with Crippen LogP contribution in [0, 0.1) is 0 Å². The minimum atomic E-state index is -3.20. The summed E-state index contributed by atoms with van der Waals surface area (Å²) in [5, 5.41) is 5.27. The first-order chi connectivity index (χ1) is 11.4. The van der Waals surface area contributed by atoms with Gasteiger partial charge in [0.2, 0.25) is 10.0 Å². The summed E-state index contributed by atoms with van der Waals surface area (Å²) in [6, 6.07) is 6.60. The van der Waals surface area contributed by atoms with Gasteiger partial charge in [0.25, 0.3) is 5.91 Å². The Bertz CT molecular complexity index is 842. The number of nitrogens with zero attached hydrogens (tertiary/aromatic N) is 2. The SMILES string of the molecule is CC(C)c1csc(NC(=O)c2ccc(N3CCCS3(=O)=O)cc2)n1. The lowest BCUT2D eigenvalue weighted by atomic mass is 10.2. The highest BCUT2D eigenvalue weighted by atomic mass is 32.2. The van der Waals surface area contributed by atoms with E-state index >= 15 is 0 Å². The first-order valence-corrected chi connectivity index (χ1v) is 10.2. The molecule has 3 rings (SSSR count). The van der Waals surface area contributed by atoms with Crippen molar-refractivity contribution in [1.29, 1.82) is 0 Å². The summed E-state index contributed by atoms with van der Waals surface area (Å²) in [6.07, 6.45) is 0.632. The maximum Gasteiger partial charge on any atom is 0.257 e. The van der Waals surface area contributed by atoms with Crippen molar-refractivity contribution < 1.29 is 13.2 Å². The predicted octanol–water partition coefficient (Wildman–Crippen LogP) is 3.06. The van der Waals surface area contributed by atoms with Gasteiger partial charge in [-0.3, -0.25) is 14.4 Å². The predicted molar refractivity (Wildman–Crippen MR) is 96.3 cm³/mol. The van der Waals surface area contributed by atoms with Gasteiger partial charge >= 0.3 is 0 Å². The summed E-state index contributed by atoms with van der Waals surface area (Å²) in [4.78, 5) is 16.7. The molecule has 1 amide bonds. The fourth-order valence-electron chi connectivity index (χ4n) is 2.49. The summed E-state index contributed by atoms with van der Waals surface area (Å²) in [6.45, 7) is 4.59. The fraction of sp³-hybridized carbons (Fsp3) is 0.375. The van der Waals surface area contributed by atoms with Crippen LogP contribution in [0.2, 0.25) is 0 Å². The smallest absolute Gasteiger partial charge is 0.257 e. The van der Waals surface area contributed by atoms with E-state index in [9.17, 15) is 13.2 Å². The van der Waals surface area contributed by atoms with Crippen molar-refractivity contribution in [2.24, 2.45) is 0 Å². The zero-order chi connectivity index (χ0) is 17.3. The van der Waals surface area contributed by atoms with Crippen molar-refractivity contribution in [2.75, 3.05) is 21.9 Å². The van der Waals surface area contributed by atoms with Gasteiger partial charge < -0.3 is 0 Å². The van der Waals surface area contributed by atoms with Crippen molar-refractivity contribution in [3.63, 3.8) is 0 Å². The molecule has 2 heterocycles. The Morgan fingerprint density at radius 3 is 2.54 bits per heavy atom. The van der Waals surface area contributed by atoms with E-state index in [-0.39, 0.29) is 11.7 Å². The molecule has 0 spiro atoms. The number of amides is 1. The van der Waals surface area contributed by atoms with Gasteiger partial charge in [0.1, 0.15) is 0 Å². The highest BCUT2D eigenvalue weighted by Gasteiger charge is 2.28. The molecular weight excluding hydrogens is 346 g/mol. The monoisotopic (exact) mass is 365 g/mol. The molecule has 0 atom stereocenters. The molecule has 128 valence electrons. The standard InChI is InChI=1S/C16H19N3O3S2/c1-11(2)14-10-23-16(17-14)18-15(20)12-4-6-13(7-5-12)19-8-3-9-24(19,21)22/h4-7,10-11H,3,8-9H2,1-2H3,(H,17,18,20). The summed E-state index contributed by atoms with van der Waals surface area (Å²) in [5.74, 6) is 0.237. The van der Waals surface area contributed by atoms with E-state index < -0.39 is 10.0 Å². The van der Waals surface area contributed by atoms with E-state index in [2.05, 4.69) is 10.3 Å². The molecule has 1 aromatic carbocycles. The Balaban J connectivity index is 1.72. The molecule has 0 aliphatic carbocycles. The molecule has 8 heteroatoms. The second kappa shape index (κ2) is 6.52. The van der Waals surface area contributed by atoms with E-state index in [1.54, 1.807) is 24.3 Å². The maximum absolute atomic E-state index is 12.3. The summed E-state index contributed by atoms with van der Waals surface area (Å²) in [5.41, 5.74) is 2.02. The van der Waals surface area contributed by atoms with E-state index in [1.807, 2.05) is 19.2 Å². The van der Waals surface area contributed by atoms with Gasteiger partial charge in [0, 0.05) is 17.5 Å². The maximum atomic E-state index is 12.3. The van der Waals surface area contributed by atoms with Crippen LogP contribution in [-0.4, -0.2) is 31.6 Å². The van der Waals surface area contributed by atoms with Crippen LogP contribution in [0.3, 0.4) is 0 Å². The van der Waals surface area contributed by atoms with Crippen LogP contribution in [0.4, 0.5) is 10.8 Å². The average Bonchev–Trinajstić information content (AvgIpc) is 3.13. The Morgan fingerprint density at radius 2 is 2.00 bits per heavy atom. The quantitative estimate of drug-likeness (QED) is 0.903. The molecule has 2 aromatic rings. The molecule has 24 heavy (non-hydrogen) atoms. The number of aromatic nitrogens is 1. The van der Waals surface area contributed by atoms with Gasteiger partial charge in [0.05, 0.1) is 17.1 Å². The number of thiazole rings is 1. The molecule has 0 unspecified atom stereocenters. The number of hydrogen-bond acceptors (Lipinski definition) is 5. The highest BCUT2D eigenvalue weighted by molar-refractivity contribution is 7.93. The minimum absolute atomic E-state index is 0.178. The summed E-state index contributed by atoms with van der Waals surface area (Å²) in [7, 11) is -3.20. The number of nitrogens with one attached hydrogen (secondary N) is 1. The molecule has 0 saturated carbocycles. The molecule has 1 aliphatic rings. The lowest BCUT2D eigenvalue weighted by molar-refractivity contribution is 0.102. The normalized spacial score (nSPS) is 16.5. The molecular formula is C16H19N3O3S2. The number of carbonyl (C=O) groups excluding carboxylic acids is 1. The molecule has 0 bridgehead atoms. The molecule has 1 N–H and O–H groups in total. The van der Waals surface area contributed by atoms with Crippen molar-refractivity contribution >= 4 is 38.1 Å². The average molecular weight is 365 g/mol. The van der Waals surface area contributed by atoms with Gasteiger partial charge in [-0.1, -0.05) is 13.8 Å². The molecule has 0 radical (unpaired) electrons. The second-order valence-corrected chi connectivity index (χ2v) is 8.85. The molecule has 1 aliphatic heterocycles. The third-order valence-electron chi connectivity index (χ3n) is 3.85. The van der Waals surface area contributed by atoms with Crippen molar-refractivity contribution in [1.82, 2.24) is 4.98 Å². The van der Waals surface area contributed by atoms with Gasteiger partial charge in [-0.2, -0.15) is 0 Å². The van der Waals surface area contributed by atoms with Crippen LogP contribution in [-0.2, 0) is 10.0 Å². The molecule has 6 nitrogen and oxygen atoms in total. The van der Waals surface area contributed by atoms with Crippen molar-refractivity contribution in [2.45, 2.75) is 26.2 Å². The lowest BCUT2D eigenvalue weighted by Gasteiger charge is -2.16. The van der Waals surface area contributed by atoms with Gasteiger partial charge in [-0.05, 0) is 36.6 Å². The summed E-state index contributed by atoms with van der Waals surface area (Å²) >= 11 is 1.39. The van der Waals surface area contributed by atoms with Crippen molar-refractivity contribution in [3.05, 3.63) is 40.9 Å². The van der Waals surface area contributed by atoms with Crippen LogP contribution in [0.1, 0.15) is 42.2 Å². The second-order valence-electron chi connectivity index (χ2n) is 5.97. The number of carbonyl (C=O) groups is 1. The molecule has 1 fully saturated rings. The Morgan fingerprint density at radius 1 is 1.29 bits per heavy atom. The molecule has 1 aromatic heterocycles. The Labute approximate surface area is 145 Å². The first-order valence-electron chi connectivity index (χ1n) is 7.74. The minimum Gasteiger partial charge on any atom is -0.298 e. The van der Waals surface area contributed by atoms with E-state index in [0.717, 1.165) is 5.69 Å². The van der Waals surface area contributed by atoms with Gasteiger partial charge in [-0.15, -0.1) is 11.3 Å². The zero-order valence-corrected chi connectivity index (χ0v) is 15.2. The van der Waals surface area contributed by atoms with E-state index in [1.165, 1.54) is 15.6 Å². The van der Waals surface area contributed by atoms with E-state index in [0.29, 0.717) is 35.3 Å². The van der Waals surface area contributed by atoms with Crippen LogP contribution in [0.5, 0.6) is 0 Å². The Hall–Kier alpha value is -1.93. The summed E-state index contributed by atoms with van der Waals surface area (Å²) < 4.78 is 25.2. The van der Waals surface area contributed by atoms with Crippen LogP contribution >= 0.6 is 11.3 Å². The van der Waals surface area contributed by atoms with Crippen LogP contribution in [0.15, 0.2) is 29.6 Å². The van der Waals surface area contributed by atoms with E-state index in [4.69, 9.17) is 0 Å². The lowest BCUT2D eigenvalue weighted by Crippen LogP contribution is -2.25. The first kappa shape index (κ1) is 16.9.